The van der Waals surface area contributed by atoms with E-state index in [-0.39, 0.29) is 85.5 Å². The van der Waals surface area contributed by atoms with Crippen molar-refractivity contribution >= 4 is 49.3 Å². The van der Waals surface area contributed by atoms with Crippen LogP contribution in [-0.2, 0) is 51.5 Å². The quantitative estimate of drug-likeness (QED) is 0.119. The van der Waals surface area contributed by atoms with Crippen molar-refractivity contribution in [1.82, 2.24) is 4.90 Å². The van der Waals surface area contributed by atoms with Crippen molar-refractivity contribution in [1.29, 1.82) is 0 Å². The van der Waals surface area contributed by atoms with Gasteiger partial charge in [0.25, 0.3) is 16.6 Å². The lowest BCUT2D eigenvalue weighted by atomic mass is 9.78. The minimum Gasteiger partial charge on any atom is -0.444 e. The molecule has 14 nitrogen and oxygen atoms in total. The molecule has 19 atom stereocenters. The highest BCUT2D eigenvalue weighted by molar-refractivity contribution is 7.00. The molecule has 8 aliphatic rings. The second-order valence-corrected chi connectivity index (χ2v) is 41.3. The maximum absolute atomic E-state index is 15.4. The van der Waals surface area contributed by atoms with Gasteiger partial charge in [-0.25, -0.2) is 4.79 Å². The summed E-state index contributed by atoms with van der Waals surface area (Å²) in [5.41, 5.74) is 0.505. The lowest BCUT2D eigenvalue weighted by Gasteiger charge is -2.53. The number of ether oxygens (including phenoxy) is 8. The van der Waals surface area contributed by atoms with Crippen LogP contribution in [0.2, 0.25) is 10.1 Å². The standard InChI is InChI=1S/C80H109NO13Si2/c1-50-42-57-38-40-65-51(2)43-56(85-65)37-36-54(82)46-70-72(93-95(78(8,9)10,60-28-20-16-21-29-60)61-30-22-17-23-31-61)73-74(90-70)75(94-96(79(11,12)13,62-32-24-18-25-33-62)63-34-26-19-27-35-63)71-66(89-73)41-39-58(87-71)44-55(83)45-64-53(4)67(88-69(64)48-68(86-57)52(50)3)47-59-49-81(80(14,15)91-59)76(84)92-77(5,6)7/h16-37,50,53-54,56-59,64-75,82H,2-3,38-49H2,1,4-15H3/b37-36+/t50-,53-,54?,56+,57+,58?,59+,64-,65?,66+,67-,68-,69?,70-,71+,72+,73+,74-,75+/m1/s1. The zero-order valence-corrected chi connectivity index (χ0v) is 61.4. The third-order valence-electron chi connectivity index (χ3n) is 22.4. The fourth-order valence-electron chi connectivity index (χ4n) is 17.6. The van der Waals surface area contributed by atoms with E-state index in [0.717, 1.165) is 51.2 Å². The number of rotatable bonds is 10. The molecular weight excluding hydrogens is 1240 g/mol. The predicted octanol–water partition coefficient (Wildman–Crippen LogP) is 12.6. The molecule has 4 aromatic rings. The molecule has 4 aromatic carbocycles. The minimum absolute atomic E-state index is 0.0453. The van der Waals surface area contributed by atoms with Gasteiger partial charge in [0.15, 0.2) is 0 Å². The smallest absolute Gasteiger partial charge is 0.412 e. The fourth-order valence-corrected chi connectivity index (χ4v) is 27.0. The van der Waals surface area contributed by atoms with E-state index in [0.29, 0.717) is 38.6 Å². The van der Waals surface area contributed by atoms with Crippen LogP contribution in [0.25, 0.3) is 0 Å². The number of fused-ring (bicyclic) bond motifs is 7. The molecule has 1 N–H and O–H groups in total. The molecule has 8 aliphatic heterocycles. The van der Waals surface area contributed by atoms with E-state index in [1.807, 2.05) is 46.8 Å². The molecule has 7 fully saturated rings. The average Bonchev–Trinajstić information content (AvgIpc) is 1.36. The molecule has 16 heteroatoms. The molecule has 0 spiro atoms. The molecular formula is C80H109NO13Si2. The van der Waals surface area contributed by atoms with Crippen molar-refractivity contribution < 1.29 is 61.4 Å². The fraction of sp³-hybridized carbons (Fsp3) is 0.600. The van der Waals surface area contributed by atoms with Crippen LogP contribution in [0.3, 0.4) is 0 Å². The van der Waals surface area contributed by atoms with Gasteiger partial charge in [0.2, 0.25) is 0 Å². The number of benzene rings is 4. The summed E-state index contributed by atoms with van der Waals surface area (Å²) >= 11 is 0. The lowest BCUT2D eigenvalue weighted by Crippen LogP contribution is -2.73. The van der Waals surface area contributed by atoms with E-state index in [1.54, 1.807) is 4.90 Å². The molecule has 8 heterocycles. The minimum atomic E-state index is -3.40. The van der Waals surface area contributed by atoms with Crippen molar-refractivity contribution in [2.45, 2.75) is 280 Å². The van der Waals surface area contributed by atoms with Crippen molar-refractivity contribution in [2.75, 3.05) is 6.54 Å². The van der Waals surface area contributed by atoms with Gasteiger partial charge in [0.05, 0.1) is 73.7 Å². The summed E-state index contributed by atoms with van der Waals surface area (Å²) in [6.07, 6.45) is 1.71. The number of hydrogen-bond acceptors (Lipinski definition) is 13. The molecule has 0 aliphatic carbocycles. The van der Waals surface area contributed by atoms with E-state index in [2.05, 4.69) is 190 Å². The molecule has 0 radical (unpaired) electrons. The van der Waals surface area contributed by atoms with Gasteiger partial charge < -0.3 is 51.9 Å². The van der Waals surface area contributed by atoms with Crippen LogP contribution in [0.5, 0.6) is 0 Å². The molecule has 0 aromatic heterocycles. The largest absolute Gasteiger partial charge is 0.444 e. The molecule has 7 saturated heterocycles. The van der Waals surface area contributed by atoms with E-state index in [9.17, 15) is 9.90 Å². The van der Waals surface area contributed by atoms with E-state index >= 15 is 4.79 Å². The third-order valence-corrected chi connectivity index (χ3v) is 32.4. The van der Waals surface area contributed by atoms with Gasteiger partial charge in [-0.3, -0.25) is 9.69 Å². The highest BCUT2D eigenvalue weighted by Gasteiger charge is 2.65. The summed E-state index contributed by atoms with van der Waals surface area (Å²) in [6.45, 7) is 37.2. The van der Waals surface area contributed by atoms with Crippen LogP contribution in [0, 0.1) is 17.8 Å². The molecule has 520 valence electrons. The molecule has 96 heavy (non-hydrogen) atoms. The van der Waals surface area contributed by atoms with Gasteiger partial charge in [-0.2, -0.15) is 0 Å². The van der Waals surface area contributed by atoms with Gasteiger partial charge >= 0.3 is 6.09 Å². The molecule has 0 saturated carbocycles. The highest BCUT2D eigenvalue weighted by atomic mass is 28.4. The normalized spacial score (nSPS) is 35.1. The molecule has 8 bridgehead atoms. The first kappa shape index (κ1) is 70.9. The van der Waals surface area contributed by atoms with Crippen LogP contribution in [0.15, 0.2) is 158 Å². The zero-order valence-electron chi connectivity index (χ0n) is 59.4. The zero-order chi connectivity index (χ0) is 68.3. The summed E-state index contributed by atoms with van der Waals surface area (Å²) in [5, 5.41) is 16.2. The maximum Gasteiger partial charge on any atom is 0.412 e. The van der Waals surface area contributed by atoms with Crippen molar-refractivity contribution in [3.05, 3.63) is 158 Å². The number of carbonyl (C=O) groups excluding carboxylic acids is 2. The molecule has 1 amide bonds. The number of aliphatic hydroxyl groups excluding tert-OH is 1. The monoisotopic (exact) mass is 1350 g/mol. The van der Waals surface area contributed by atoms with E-state index in [4.69, 9.17) is 46.7 Å². The maximum atomic E-state index is 15.4. The van der Waals surface area contributed by atoms with Crippen LogP contribution in [0.1, 0.15) is 161 Å². The summed E-state index contributed by atoms with van der Waals surface area (Å²) in [5.74, 6) is 0.101. The van der Waals surface area contributed by atoms with Gasteiger partial charge in [0.1, 0.15) is 47.6 Å². The van der Waals surface area contributed by atoms with Crippen molar-refractivity contribution in [2.24, 2.45) is 17.8 Å². The van der Waals surface area contributed by atoms with Crippen LogP contribution in [0.4, 0.5) is 4.79 Å². The predicted molar refractivity (Wildman–Crippen MR) is 380 cm³/mol. The Morgan fingerprint density at radius 1 is 0.594 bits per heavy atom. The van der Waals surface area contributed by atoms with Gasteiger partial charge in [0, 0.05) is 38.5 Å². The molecule has 12 rings (SSSR count). The number of ketones is 1. The topological polar surface area (TPSA) is 150 Å². The summed E-state index contributed by atoms with van der Waals surface area (Å²) in [4.78, 5) is 30.8. The van der Waals surface area contributed by atoms with Gasteiger partial charge in [-0.05, 0) is 126 Å². The second kappa shape index (κ2) is 28.2. The average molecular weight is 1350 g/mol. The Hall–Kier alpha value is -4.93. The Morgan fingerprint density at radius 2 is 1.14 bits per heavy atom. The SMILES string of the molecule is C=C1C[C@@H]2/C=C/C(O)C[C@H]3O[C@H]4[C@@H](O[Si](c5ccccc5)(c5ccccc5)C(C)(C)C)[C@H]5OC(CC[C@@H]5O[C@H]4[C@H]3O[Si](c3ccccc3)(c3ccccc3)C(C)(C)C)CC(=O)C[C@H]3C(C[C@H]4O[C@@H](CCC1O2)C[C@@H](C)C4=C)O[C@H](C[C@H]1CN(C(=O)OC(C)(C)C)C(C)(C)O1)[C@@H]3C. The van der Waals surface area contributed by atoms with Crippen LogP contribution in [-0.4, -0.2) is 154 Å². The Labute approximate surface area is 574 Å². The first-order valence-corrected chi connectivity index (χ1v) is 39.8. The second-order valence-electron chi connectivity index (χ2n) is 32.8. The number of Topliss-reactive ketones (excluding diaryl/α,β-unsaturated/α-hetero) is 1. The van der Waals surface area contributed by atoms with Crippen molar-refractivity contribution in [3.63, 3.8) is 0 Å². The number of amides is 1. The summed E-state index contributed by atoms with van der Waals surface area (Å²) in [7, 11) is -6.74. The number of hydrogen-bond donors (Lipinski definition) is 1. The Morgan fingerprint density at radius 3 is 1.70 bits per heavy atom. The van der Waals surface area contributed by atoms with Gasteiger partial charge in [-0.1, -0.05) is 202 Å². The lowest BCUT2D eigenvalue weighted by molar-refractivity contribution is -0.254. The van der Waals surface area contributed by atoms with Gasteiger partial charge in [-0.15, -0.1) is 0 Å². The Bertz CT molecular complexity index is 3290. The van der Waals surface area contributed by atoms with Crippen LogP contribution < -0.4 is 20.7 Å². The number of carbonyl (C=O) groups is 2. The first-order chi connectivity index (χ1) is 45.5. The van der Waals surface area contributed by atoms with E-state index in [1.165, 1.54) is 0 Å². The summed E-state index contributed by atoms with van der Waals surface area (Å²) in [6, 6.07) is 42.8. The van der Waals surface area contributed by atoms with E-state index < -0.39 is 99.1 Å². The number of nitrogens with zero attached hydrogens (tertiary/aromatic N) is 1. The van der Waals surface area contributed by atoms with Crippen molar-refractivity contribution in [3.8, 4) is 0 Å². The summed E-state index contributed by atoms with van der Waals surface area (Å²) < 4.78 is 73.4. The number of aliphatic hydroxyl groups is 1. The Kier molecular flexibility index (Phi) is 20.9. The third kappa shape index (κ3) is 14.5. The highest BCUT2D eigenvalue weighted by Crippen LogP contribution is 2.50. The Balaban J connectivity index is 0.937. The first-order valence-electron chi connectivity index (χ1n) is 35.9. The van der Waals surface area contributed by atoms with Crippen LogP contribution >= 0.6 is 0 Å². The molecule has 4 unspecified atom stereocenters.